The van der Waals surface area contributed by atoms with E-state index in [1.54, 1.807) is 33.0 Å². The first kappa shape index (κ1) is 32.5. The number of allylic oxidation sites excluding steroid dienone is 4. The second-order valence-corrected chi connectivity index (χ2v) is 10.8. The predicted octanol–water partition coefficient (Wildman–Crippen LogP) is -3.12. The number of hydrogen-bond acceptors (Lipinski definition) is 0. The van der Waals surface area contributed by atoms with Crippen molar-refractivity contribution < 1.29 is 58.9 Å². The second-order valence-electron chi connectivity index (χ2n) is 8.71. The summed E-state index contributed by atoms with van der Waals surface area (Å²) in [5.74, 6) is 2.68. The van der Waals surface area contributed by atoms with E-state index in [2.05, 4.69) is 59.8 Å². The summed E-state index contributed by atoms with van der Waals surface area (Å²) >= 11 is 0. The van der Waals surface area contributed by atoms with Crippen LogP contribution in [0.25, 0.3) is 0 Å². The maximum atomic E-state index is 2.45. The van der Waals surface area contributed by atoms with Gasteiger partial charge in [0.25, 0.3) is 0 Å². The van der Waals surface area contributed by atoms with Crippen LogP contribution in [0.1, 0.15) is 73.3 Å². The first-order chi connectivity index (χ1) is 12.5. The maximum absolute atomic E-state index is 2.45. The zero-order chi connectivity index (χ0) is 18.8. The Morgan fingerprint density at radius 2 is 1.47 bits per heavy atom. The van der Waals surface area contributed by atoms with Crippen LogP contribution in [-0.4, -0.2) is 9.52 Å². The molecule has 0 bridgehead atoms. The predicted molar refractivity (Wildman–Crippen MR) is 119 cm³/mol. The molecule has 0 saturated heterocycles. The van der Waals surface area contributed by atoms with Gasteiger partial charge in [-0.15, -0.1) is 12.2 Å². The summed E-state index contributed by atoms with van der Waals surface area (Å²) in [7, 11) is -0.293. The molecule has 3 rings (SSSR count). The summed E-state index contributed by atoms with van der Waals surface area (Å²) in [4.78, 5) is 0. The number of hydrogen-bond donors (Lipinski definition) is 0. The SMILES string of the molecule is CCCCC[C-]1C2=CC=CCC2CC1[SiH2]c1c(C)c(C)c(C)c(C)c1C.[Cl-].[Cl-].[Cl-].[Ti+4]. The van der Waals surface area contributed by atoms with Gasteiger partial charge in [0, 0.05) is 9.52 Å². The normalized spacial score (nSPS) is 19.4. The van der Waals surface area contributed by atoms with E-state index in [1.165, 1.54) is 44.1 Å². The van der Waals surface area contributed by atoms with Crippen molar-refractivity contribution in [1.29, 1.82) is 0 Å². The van der Waals surface area contributed by atoms with Crippen molar-refractivity contribution in [3.63, 3.8) is 0 Å². The Morgan fingerprint density at radius 3 is 2.03 bits per heavy atom. The molecule has 0 amide bonds. The minimum Gasteiger partial charge on any atom is -1.00 e. The minimum atomic E-state index is -0.293. The zero-order valence-corrected chi connectivity index (χ0v) is 24.7. The molecule has 0 aliphatic heterocycles. The first-order valence-corrected chi connectivity index (χ1v) is 12.3. The van der Waals surface area contributed by atoms with Crippen LogP contribution in [0.3, 0.4) is 0 Å². The van der Waals surface area contributed by atoms with Gasteiger partial charge in [0.1, 0.15) is 0 Å². The standard InChI is InChI=1S/C25H37Si.3ClH.Ti/c1-7-8-9-14-23-22-13-11-10-12-21(22)15-24(23)26-25-19(5)17(3)16(2)18(4)20(25)6;;;;/h10-11,13,21,24H,7-9,12,14-15,26H2,1-6H3;3*1H;/q-1;;;;+4/p-3. The smallest absolute Gasteiger partial charge is 1.00 e. The molecule has 0 radical (unpaired) electrons. The van der Waals surface area contributed by atoms with Crippen molar-refractivity contribution in [2.75, 3.05) is 0 Å². The van der Waals surface area contributed by atoms with Gasteiger partial charge in [0.05, 0.1) is 0 Å². The van der Waals surface area contributed by atoms with E-state index in [-0.39, 0.29) is 68.5 Å². The Kier molecular flexibility index (Phi) is 15.7. The van der Waals surface area contributed by atoms with Gasteiger partial charge < -0.3 is 37.2 Å². The Labute approximate surface area is 221 Å². The molecule has 166 valence electrons. The average Bonchev–Trinajstić information content (AvgIpc) is 3.00. The second kappa shape index (κ2) is 14.5. The van der Waals surface area contributed by atoms with Crippen molar-refractivity contribution in [3.05, 3.63) is 57.5 Å². The van der Waals surface area contributed by atoms with E-state index in [4.69, 9.17) is 0 Å². The fraction of sp³-hybridized carbons (Fsp3) is 0.560. The molecule has 2 unspecified atom stereocenters. The average molecular weight is 520 g/mol. The van der Waals surface area contributed by atoms with Gasteiger partial charge in [-0.25, -0.2) is 17.6 Å². The number of benzene rings is 1. The molecule has 1 aromatic rings. The van der Waals surface area contributed by atoms with E-state index >= 15 is 0 Å². The molecule has 0 aromatic heterocycles. The number of halogens is 3. The molecule has 5 heteroatoms. The molecule has 0 N–H and O–H groups in total. The van der Waals surface area contributed by atoms with Crippen LogP contribution in [0.2, 0.25) is 5.54 Å². The summed E-state index contributed by atoms with van der Waals surface area (Å²) in [5.41, 5.74) is 10.4. The molecule has 1 aromatic carbocycles. The van der Waals surface area contributed by atoms with Crippen LogP contribution in [-0.2, 0) is 21.7 Å². The topological polar surface area (TPSA) is 0 Å². The summed E-state index contributed by atoms with van der Waals surface area (Å²) in [6.07, 6.45) is 15.3. The van der Waals surface area contributed by atoms with E-state index < -0.39 is 0 Å². The summed E-state index contributed by atoms with van der Waals surface area (Å²) in [6.45, 7) is 14.1. The summed E-state index contributed by atoms with van der Waals surface area (Å²) in [5, 5.41) is 1.77. The van der Waals surface area contributed by atoms with Crippen LogP contribution in [0, 0.1) is 46.5 Å². The minimum absolute atomic E-state index is 0. The molecular formula is C25H37Cl3SiTi. The maximum Gasteiger partial charge on any atom is 4.00 e. The van der Waals surface area contributed by atoms with E-state index in [0.29, 0.717) is 0 Å². The van der Waals surface area contributed by atoms with Crippen molar-refractivity contribution in [3.8, 4) is 0 Å². The van der Waals surface area contributed by atoms with Gasteiger partial charge >= 0.3 is 21.7 Å². The van der Waals surface area contributed by atoms with Crippen LogP contribution < -0.4 is 42.4 Å². The Morgan fingerprint density at radius 1 is 0.900 bits per heavy atom. The number of rotatable bonds is 6. The van der Waals surface area contributed by atoms with Crippen molar-refractivity contribution in [1.82, 2.24) is 0 Å². The van der Waals surface area contributed by atoms with Crippen LogP contribution >= 0.6 is 0 Å². The van der Waals surface area contributed by atoms with Gasteiger partial charge in [-0.1, -0.05) is 49.8 Å². The van der Waals surface area contributed by atoms with Crippen LogP contribution in [0.4, 0.5) is 0 Å². The van der Waals surface area contributed by atoms with Gasteiger partial charge in [0.15, 0.2) is 0 Å². The molecular weight excluding hydrogens is 483 g/mol. The third-order valence-electron chi connectivity index (χ3n) is 7.36. The van der Waals surface area contributed by atoms with Gasteiger partial charge in [-0.2, -0.15) is 0 Å². The van der Waals surface area contributed by atoms with Crippen molar-refractivity contribution >= 4 is 14.7 Å². The molecule has 30 heavy (non-hydrogen) atoms. The molecule has 2 atom stereocenters. The fourth-order valence-electron chi connectivity index (χ4n) is 5.24. The molecule has 1 fully saturated rings. The largest absolute Gasteiger partial charge is 4.00 e. The summed E-state index contributed by atoms with van der Waals surface area (Å²) < 4.78 is 0. The fourth-order valence-corrected chi connectivity index (χ4v) is 8.13. The molecule has 1 saturated carbocycles. The third-order valence-corrected chi connectivity index (χ3v) is 10.1. The van der Waals surface area contributed by atoms with E-state index in [1.807, 2.05) is 5.92 Å². The molecule has 0 spiro atoms. The summed E-state index contributed by atoms with van der Waals surface area (Å²) in [6, 6.07) is 0. The quantitative estimate of drug-likeness (QED) is 0.212. The van der Waals surface area contributed by atoms with Crippen LogP contribution in [0.15, 0.2) is 23.8 Å². The van der Waals surface area contributed by atoms with Crippen molar-refractivity contribution in [2.45, 2.75) is 85.6 Å². The van der Waals surface area contributed by atoms with Crippen molar-refractivity contribution in [2.24, 2.45) is 5.92 Å². The third kappa shape index (κ3) is 6.69. The van der Waals surface area contributed by atoms with E-state index in [0.717, 1.165) is 11.5 Å². The van der Waals surface area contributed by atoms with Gasteiger partial charge in [-0.05, 0) is 74.8 Å². The Hall–Kier alpha value is 0.371. The number of unbranched alkanes of at least 4 members (excludes halogenated alkanes) is 2. The number of fused-ring (bicyclic) bond motifs is 1. The first-order valence-electron chi connectivity index (χ1n) is 10.7. The molecule has 0 heterocycles. The van der Waals surface area contributed by atoms with Crippen LogP contribution in [0.5, 0.6) is 0 Å². The van der Waals surface area contributed by atoms with Gasteiger partial charge in [-0.3, -0.25) is 0 Å². The van der Waals surface area contributed by atoms with E-state index in [9.17, 15) is 0 Å². The Balaban J connectivity index is 0. The molecule has 2 aliphatic carbocycles. The monoisotopic (exact) mass is 518 g/mol. The zero-order valence-electron chi connectivity index (χ0n) is 19.5. The van der Waals surface area contributed by atoms with Gasteiger partial charge in [0.2, 0.25) is 0 Å². The molecule has 0 nitrogen and oxygen atoms in total. The molecule has 2 aliphatic rings. The Bertz CT molecular complexity index is 713.